The van der Waals surface area contributed by atoms with Gasteiger partial charge in [0, 0.05) is 43.3 Å². The highest BCUT2D eigenvalue weighted by Gasteiger charge is 2.25. The number of aromatic nitrogens is 3. The van der Waals surface area contributed by atoms with Crippen molar-refractivity contribution in [2.75, 3.05) is 30.4 Å². The van der Waals surface area contributed by atoms with E-state index in [1.165, 1.54) is 11.1 Å². The van der Waals surface area contributed by atoms with Crippen molar-refractivity contribution >= 4 is 17.5 Å². The fraction of sp³-hybridized carbons (Fsp3) is 0.304. The Bertz CT molecular complexity index is 1170. The lowest BCUT2D eigenvalue weighted by molar-refractivity contribution is 0.353. The maximum atomic E-state index is 13.6. The van der Waals surface area contributed by atoms with Gasteiger partial charge in [0.1, 0.15) is 18.1 Å². The first kappa shape index (κ1) is 19.4. The average Bonchev–Trinajstić information content (AvgIpc) is 3.37. The maximum Gasteiger partial charge on any atom is 0.227 e. The van der Waals surface area contributed by atoms with Gasteiger partial charge in [-0.2, -0.15) is 5.26 Å². The van der Waals surface area contributed by atoms with Gasteiger partial charge in [0.25, 0.3) is 0 Å². The Morgan fingerprint density at radius 2 is 2.03 bits per heavy atom. The molecule has 1 aromatic carbocycles. The van der Waals surface area contributed by atoms with Crippen molar-refractivity contribution in [1.82, 2.24) is 19.9 Å². The van der Waals surface area contributed by atoms with Crippen LogP contribution in [0.2, 0.25) is 0 Å². The molecule has 1 unspecified atom stereocenters. The molecule has 4 heterocycles. The first-order valence-corrected chi connectivity index (χ1v) is 10.3. The van der Waals surface area contributed by atoms with Crippen LogP contribution in [0.25, 0.3) is 11.3 Å². The van der Waals surface area contributed by atoms with Gasteiger partial charge < -0.3 is 10.2 Å². The Hall–Kier alpha value is -3.57. The number of anilines is 3. The van der Waals surface area contributed by atoms with Crippen molar-refractivity contribution in [1.29, 1.82) is 5.26 Å². The average molecular weight is 415 g/mol. The third kappa shape index (κ3) is 3.92. The summed E-state index contributed by atoms with van der Waals surface area (Å²) < 4.78 is 13.6. The highest BCUT2D eigenvalue weighted by molar-refractivity contribution is 5.67. The smallest absolute Gasteiger partial charge is 0.227 e. The third-order valence-electron chi connectivity index (χ3n) is 5.71. The van der Waals surface area contributed by atoms with Gasteiger partial charge in [-0.05, 0) is 48.9 Å². The summed E-state index contributed by atoms with van der Waals surface area (Å²) in [6.45, 7) is 2.75. The molecule has 0 aliphatic carbocycles. The first-order valence-electron chi connectivity index (χ1n) is 10.3. The molecule has 1 N–H and O–H groups in total. The van der Waals surface area contributed by atoms with Crippen LogP contribution in [-0.2, 0) is 13.1 Å². The number of nitrogens with zero attached hydrogens (tertiary/aromatic N) is 6. The summed E-state index contributed by atoms with van der Waals surface area (Å²) in [4.78, 5) is 17.5. The van der Waals surface area contributed by atoms with Gasteiger partial charge in [-0.25, -0.2) is 19.3 Å². The minimum Gasteiger partial charge on any atom is -0.352 e. The van der Waals surface area contributed by atoms with Crippen LogP contribution < -0.4 is 10.2 Å². The molecule has 0 saturated carbocycles. The second-order valence-electron chi connectivity index (χ2n) is 8.09. The fourth-order valence-electron chi connectivity index (χ4n) is 4.19. The van der Waals surface area contributed by atoms with Crippen LogP contribution in [0.4, 0.5) is 21.8 Å². The number of halogens is 1. The van der Waals surface area contributed by atoms with E-state index in [-0.39, 0.29) is 6.54 Å². The zero-order chi connectivity index (χ0) is 21.4. The Balaban J connectivity index is 1.39. The van der Waals surface area contributed by atoms with Gasteiger partial charge >= 0.3 is 0 Å². The molecule has 0 spiro atoms. The Kier molecular flexibility index (Phi) is 4.96. The lowest BCUT2D eigenvalue weighted by Gasteiger charge is -2.18. The summed E-state index contributed by atoms with van der Waals surface area (Å²) in [6, 6.07) is 12.0. The molecule has 0 radical (unpaired) electrons. The number of nitriles is 1. The summed E-state index contributed by atoms with van der Waals surface area (Å²) in [6.07, 6.45) is 2.95. The van der Waals surface area contributed by atoms with Gasteiger partial charge in [-0.3, -0.25) is 4.90 Å². The molecular weight excluding hydrogens is 393 g/mol. The quantitative estimate of drug-likeness (QED) is 0.697. The van der Waals surface area contributed by atoms with Crippen molar-refractivity contribution < 1.29 is 4.39 Å². The van der Waals surface area contributed by atoms with E-state index < -0.39 is 6.17 Å². The maximum absolute atomic E-state index is 13.6. The minimum absolute atomic E-state index is 0.277. The molecule has 1 atom stereocenters. The molecule has 156 valence electrons. The van der Waals surface area contributed by atoms with Crippen molar-refractivity contribution in [2.45, 2.75) is 25.7 Å². The van der Waals surface area contributed by atoms with Crippen LogP contribution >= 0.6 is 0 Å². The third-order valence-corrected chi connectivity index (χ3v) is 5.71. The van der Waals surface area contributed by atoms with E-state index in [2.05, 4.69) is 50.4 Å². The van der Waals surface area contributed by atoms with Crippen LogP contribution in [0.1, 0.15) is 23.1 Å². The monoisotopic (exact) mass is 415 g/mol. The molecule has 1 fully saturated rings. The van der Waals surface area contributed by atoms with Gasteiger partial charge in [0.05, 0.1) is 17.8 Å². The molecule has 1 saturated heterocycles. The SMILES string of the molecule is CN1Cc2ccc(Nc3nccc(-c4cnc(N5CCC(F)C5)c(C#N)c4)n3)cc2C1. The topological polar surface area (TPSA) is 81.0 Å². The Morgan fingerprint density at radius 1 is 1.16 bits per heavy atom. The number of hydrogen-bond acceptors (Lipinski definition) is 7. The molecule has 8 heteroatoms. The molecule has 2 aliphatic heterocycles. The summed E-state index contributed by atoms with van der Waals surface area (Å²) >= 11 is 0. The predicted octanol–water partition coefficient (Wildman–Crippen LogP) is 3.65. The number of alkyl halides is 1. The highest BCUT2D eigenvalue weighted by Crippen LogP contribution is 2.28. The van der Waals surface area contributed by atoms with E-state index in [9.17, 15) is 9.65 Å². The molecule has 2 aliphatic rings. The predicted molar refractivity (Wildman–Crippen MR) is 117 cm³/mol. The molecule has 2 aromatic heterocycles. The summed E-state index contributed by atoms with van der Waals surface area (Å²) in [5, 5.41) is 12.9. The zero-order valence-electron chi connectivity index (χ0n) is 17.2. The van der Waals surface area contributed by atoms with E-state index in [4.69, 9.17) is 0 Å². The normalized spacial score (nSPS) is 18.1. The Labute approximate surface area is 180 Å². The van der Waals surface area contributed by atoms with Gasteiger partial charge in [0.2, 0.25) is 5.95 Å². The van der Waals surface area contributed by atoms with Gasteiger partial charge in [-0.15, -0.1) is 0 Å². The van der Waals surface area contributed by atoms with Crippen LogP contribution in [0.3, 0.4) is 0 Å². The minimum atomic E-state index is -0.872. The Morgan fingerprint density at radius 3 is 2.84 bits per heavy atom. The van der Waals surface area contributed by atoms with Crippen LogP contribution in [0.5, 0.6) is 0 Å². The highest BCUT2D eigenvalue weighted by atomic mass is 19.1. The number of pyridine rings is 1. The van der Waals surface area contributed by atoms with Gasteiger partial charge in [-0.1, -0.05) is 6.07 Å². The number of hydrogen-bond donors (Lipinski definition) is 1. The molecule has 7 nitrogen and oxygen atoms in total. The number of rotatable bonds is 4. The van der Waals surface area contributed by atoms with Crippen molar-refractivity contribution in [2.24, 2.45) is 0 Å². The molecular formula is C23H22FN7. The number of nitrogens with one attached hydrogen (secondary N) is 1. The molecule has 5 rings (SSSR count). The lowest BCUT2D eigenvalue weighted by Crippen LogP contribution is -2.22. The summed E-state index contributed by atoms with van der Waals surface area (Å²) in [5.74, 6) is 1.01. The van der Waals surface area contributed by atoms with Crippen molar-refractivity contribution in [3.8, 4) is 17.3 Å². The van der Waals surface area contributed by atoms with E-state index in [1.54, 1.807) is 24.5 Å². The molecule has 3 aromatic rings. The van der Waals surface area contributed by atoms with Crippen molar-refractivity contribution in [3.05, 3.63) is 59.4 Å². The largest absolute Gasteiger partial charge is 0.352 e. The molecule has 31 heavy (non-hydrogen) atoms. The second kappa shape index (κ2) is 7.93. The van der Waals surface area contributed by atoms with E-state index >= 15 is 0 Å². The van der Waals surface area contributed by atoms with Crippen molar-refractivity contribution in [3.63, 3.8) is 0 Å². The first-order chi connectivity index (χ1) is 15.1. The standard InChI is InChI=1S/C23H22FN7/c1-30-12-15-2-3-20(9-18(15)13-30)28-23-26-6-4-21(29-23)17-8-16(10-25)22(27-11-17)31-7-5-19(24)14-31/h2-4,6,8-9,11,19H,5,7,12-14H2,1H3,(H,26,28,29). The van der Waals surface area contributed by atoms with Crippen LogP contribution in [0, 0.1) is 11.3 Å². The van der Waals surface area contributed by atoms with Gasteiger partial charge in [0.15, 0.2) is 0 Å². The summed E-state index contributed by atoms with van der Waals surface area (Å²) in [7, 11) is 2.11. The summed E-state index contributed by atoms with van der Waals surface area (Å²) in [5.41, 5.74) is 5.39. The lowest BCUT2D eigenvalue weighted by atomic mass is 10.1. The van der Waals surface area contributed by atoms with Crippen LogP contribution in [-0.4, -0.2) is 46.2 Å². The second-order valence-corrected chi connectivity index (χ2v) is 8.09. The number of fused-ring (bicyclic) bond motifs is 1. The molecule has 0 amide bonds. The van der Waals surface area contributed by atoms with E-state index in [0.29, 0.717) is 36.0 Å². The zero-order valence-corrected chi connectivity index (χ0v) is 17.2. The van der Waals surface area contributed by atoms with E-state index in [0.717, 1.165) is 24.3 Å². The number of benzene rings is 1. The van der Waals surface area contributed by atoms with Crippen LogP contribution in [0.15, 0.2) is 42.7 Å². The van der Waals surface area contributed by atoms with E-state index in [1.807, 2.05) is 11.0 Å². The fourth-order valence-corrected chi connectivity index (χ4v) is 4.19. The molecule has 0 bridgehead atoms.